The van der Waals surface area contributed by atoms with Crippen LogP contribution in [0.4, 0.5) is 0 Å². The van der Waals surface area contributed by atoms with Gasteiger partial charge in [0.05, 0.1) is 12.2 Å². The minimum absolute atomic E-state index is 0.129. The Bertz CT molecular complexity index is 714. The molecule has 2 aromatic rings. The van der Waals surface area contributed by atoms with Crippen molar-refractivity contribution in [3.63, 3.8) is 0 Å². The number of hydrogen-bond donors (Lipinski definition) is 1. The zero-order valence-corrected chi connectivity index (χ0v) is 15.0. The van der Waals surface area contributed by atoms with E-state index in [9.17, 15) is 4.79 Å². The minimum atomic E-state index is -0.576. The molecule has 0 amide bonds. The predicted octanol–water partition coefficient (Wildman–Crippen LogP) is 4.11. The lowest BCUT2D eigenvalue weighted by molar-refractivity contribution is 0.0516. The topological polar surface area (TPSA) is 73.9 Å². The number of carbonyl (C=O) groups excluding carboxylic acids is 1. The summed E-state index contributed by atoms with van der Waals surface area (Å²) in [6.45, 7) is 2.76. The van der Waals surface area contributed by atoms with Gasteiger partial charge in [-0.05, 0) is 42.8 Å². The van der Waals surface area contributed by atoms with Gasteiger partial charge in [0.25, 0.3) is 0 Å². The van der Waals surface area contributed by atoms with Crippen molar-refractivity contribution < 1.29 is 14.4 Å². The summed E-state index contributed by atoms with van der Waals surface area (Å²) in [6.07, 6.45) is 2.06. The maximum atomic E-state index is 12.0. The molecule has 126 valence electrons. The van der Waals surface area contributed by atoms with Crippen molar-refractivity contribution in [1.29, 1.82) is 0 Å². The van der Waals surface area contributed by atoms with Gasteiger partial charge >= 0.3 is 5.97 Å². The monoisotopic (exact) mass is 390 g/mol. The van der Waals surface area contributed by atoms with Crippen LogP contribution in [0.3, 0.4) is 0 Å². The molecule has 0 aromatic heterocycles. The Balaban J connectivity index is 1.95. The van der Waals surface area contributed by atoms with Gasteiger partial charge < -0.3 is 15.3 Å². The van der Waals surface area contributed by atoms with E-state index in [-0.39, 0.29) is 5.84 Å². The molecule has 0 atom stereocenters. The van der Waals surface area contributed by atoms with Crippen molar-refractivity contribution in [3.05, 3.63) is 64.1 Å². The predicted molar refractivity (Wildman–Crippen MR) is 97.1 cm³/mol. The molecule has 0 aliphatic carbocycles. The van der Waals surface area contributed by atoms with Crippen LogP contribution in [0.15, 0.2) is 58.2 Å². The van der Waals surface area contributed by atoms with Crippen molar-refractivity contribution in [2.24, 2.45) is 10.9 Å². The van der Waals surface area contributed by atoms with Gasteiger partial charge in [-0.15, -0.1) is 0 Å². The lowest BCUT2D eigenvalue weighted by Gasteiger charge is -2.05. The molecular weight excluding hydrogens is 372 g/mol. The normalized spacial score (nSPS) is 11.2. The van der Waals surface area contributed by atoms with Gasteiger partial charge in [0.2, 0.25) is 0 Å². The third-order valence-electron chi connectivity index (χ3n) is 3.20. The largest absolute Gasteiger partial charge is 0.494 e. The average molecular weight is 391 g/mol. The highest BCUT2D eigenvalue weighted by Crippen LogP contribution is 2.14. The van der Waals surface area contributed by atoms with Crippen LogP contribution in [0.1, 0.15) is 35.7 Å². The van der Waals surface area contributed by atoms with Crippen LogP contribution in [0.5, 0.6) is 5.75 Å². The second-order valence-electron chi connectivity index (χ2n) is 5.09. The molecule has 0 bridgehead atoms. The molecule has 2 rings (SSSR count). The Morgan fingerprint density at radius 2 is 1.92 bits per heavy atom. The van der Waals surface area contributed by atoms with Gasteiger partial charge in [0.1, 0.15) is 5.75 Å². The van der Waals surface area contributed by atoms with E-state index in [1.165, 1.54) is 0 Å². The van der Waals surface area contributed by atoms with Gasteiger partial charge in [-0.25, -0.2) is 4.79 Å². The van der Waals surface area contributed by atoms with Gasteiger partial charge in [-0.3, -0.25) is 0 Å². The molecule has 0 aliphatic heterocycles. The van der Waals surface area contributed by atoms with Crippen molar-refractivity contribution in [2.75, 3.05) is 6.61 Å². The molecular formula is C18H19BrN2O3. The number of benzene rings is 2. The SMILES string of the molecule is CCCCOc1ccc(C(=O)O/N=C(\N)c2cccc(Br)c2)cc1. The van der Waals surface area contributed by atoms with Crippen LogP contribution in [0.25, 0.3) is 0 Å². The molecule has 0 saturated carbocycles. The third kappa shape index (κ3) is 5.38. The maximum absolute atomic E-state index is 12.0. The van der Waals surface area contributed by atoms with Crippen LogP contribution in [-0.2, 0) is 4.84 Å². The van der Waals surface area contributed by atoms with Crippen LogP contribution in [0.2, 0.25) is 0 Å². The molecule has 0 radical (unpaired) electrons. The van der Waals surface area contributed by atoms with E-state index in [1.54, 1.807) is 36.4 Å². The summed E-state index contributed by atoms with van der Waals surface area (Å²) in [7, 11) is 0. The summed E-state index contributed by atoms with van der Waals surface area (Å²) < 4.78 is 6.41. The molecule has 0 unspecified atom stereocenters. The lowest BCUT2D eigenvalue weighted by atomic mass is 10.2. The third-order valence-corrected chi connectivity index (χ3v) is 3.70. The highest BCUT2D eigenvalue weighted by atomic mass is 79.9. The Morgan fingerprint density at radius 1 is 1.17 bits per heavy atom. The quantitative estimate of drug-likeness (QED) is 0.254. The fourth-order valence-corrected chi connectivity index (χ4v) is 2.26. The standard InChI is InChI=1S/C18H19BrN2O3/c1-2-3-11-23-16-9-7-13(8-10-16)18(22)24-21-17(20)14-5-4-6-15(19)12-14/h4-10,12H,2-3,11H2,1H3,(H2,20,21). The van der Waals surface area contributed by atoms with Crippen molar-refractivity contribution in [2.45, 2.75) is 19.8 Å². The fourth-order valence-electron chi connectivity index (χ4n) is 1.87. The fraction of sp³-hybridized carbons (Fsp3) is 0.222. The van der Waals surface area contributed by atoms with Crippen LogP contribution in [-0.4, -0.2) is 18.4 Å². The zero-order valence-electron chi connectivity index (χ0n) is 13.4. The first-order valence-corrected chi connectivity index (χ1v) is 8.43. The van der Waals surface area contributed by atoms with E-state index in [1.807, 2.05) is 12.1 Å². The molecule has 5 nitrogen and oxygen atoms in total. The summed E-state index contributed by atoms with van der Waals surface area (Å²) in [4.78, 5) is 16.9. The molecule has 0 aliphatic rings. The molecule has 0 heterocycles. The highest BCUT2D eigenvalue weighted by Gasteiger charge is 2.08. The Kier molecular flexibility index (Phi) is 6.81. The van der Waals surface area contributed by atoms with E-state index < -0.39 is 5.97 Å². The molecule has 24 heavy (non-hydrogen) atoms. The molecule has 0 fully saturated rings. The first-order chi connectivity index (χ1) is 11.6. The summed E-state index contributed by atoms with van der Waals surface area (Å²) in [5, 5.41) is 3.69. The minimum Gasteiger partial charge on any atom is -0.494 e. The number of halogens is 1. The van der Waals surface area contributed by atoms with Crippen LogP contribution >= 0.6 is 15.9 Å². The van der Waals surface area contributed by atoms with Crippen LogP contribution < -0.4 is 10.5 Å². The highest BCUT2D eigenvalue weighted by molar-refractivity contribution is 9.10. The van der Waals surface area contributed by atoms with Gasteiger partial charge in [0.15, 0.2) is 5.84 Å². The molecule has 0 spiro atoms. The smallest absolute Gasteiger partial charge is 0.365 e. The van der Waals surface area contributed by atoms with Crippen molar-refractivity contribution in [3.8, 4) is 5.75 Å². The number of amidine groups is 1. The summed E-state index contributed by atoms with van der Waals surface area (Å²) >= 11 is 3.35. The molecule has 2 N–H and O–H groups in total. The van der Waals surface area contributed by atoms with E-state index in [0.717, 1.165) is 23.1 Å². The number of ether oxygens (including phenoxy) is 1. The maximum Gasteiger partial charge on any atom is 0.365 e. The number of nitrogens with two attached hydrogens (primary N) is 1. The van der Waals surface area contributed by atoms with E-state index in [4.69, 9.17) is 15.3 Å². The summed E-state index contributed by atoms with van der Waals surface area (Å²) in [6, 6.07) is 14.0. The Morgan fingerprint density at radius 3 is 2.58 bits per heavy atom. The van der Waals surface area contributed by atoms with Crippen LogP contribution in [0, 0.1) is 0 Å². The van der Waals surface area contributed by atoms with Gasteiger partial charge in [0, 0.05) is 10.0 Å². The van der Waals surface area contributed by atoms with Gasteiger partial charge in [-0.1, -0.05) is 46.6 Å². The number of rotatable bonds is 7. The van der Waals surface area contributed by atoms with Crippen molar-refractivity contribution in [1.82, 2.24) is 0 Å². The first kappa shape index (κ1) is 18.0. The number of oxime groups is 1. The zero-order chi connectivity index (χ0) is 17.4. The number of nitrogens with zero attached hydrogens (tertiary/aromatic N) is 1. The lowest BCUT2D eigenvalue weighted by Crippen LogP contribution is -2.15. The first-order valence-electron chi connectivity index (χ1n) is 7.63. The van der Waals surface area contributed by atoms with Crippen molar-refractivity contribution >= 4 is 27.7 Å². The Labute approximate surface area is 149 Å². The number of unbranched alkanes of at least 4 members (excludes halogenated alkanes) is 1. The number of carbonyl (C=O) groups is 1. The molecule has 2 aromatic carbocycles. The summed E-state index contributed by atoms with van der Waals surface area (Å²) in [5.74, 6) is 0.273. The second-order valence-corrected chi connectivity index (χ2v) is 6.01. The molecule has 6 heteroatoms. The van der Waals surface area contributed by atoms with E-state index >= 15 is 0 Å². The number of hydrogen-bond acceptors (Lipinski definition) is 4. The Hall–Kier alpha value is -2.34. The van der Waals surface area contributed by atoms with Gasteiger partial charge in [-0.2, -0.15) is 0 Å². The summed E-state index contributed by atoms with van der Waals surface area (Å²) in [5.41, 5.74) is 6.86. The second kappa shape index (κ2) is 9.08. The molecule has 0 saturated heterocycles. The average Bonchev–Trinajstić information content (AvgIpc) is 2.60. The van der Waals surface area contributed by atoms with E-state index in [0.29, 0.717) is 17.7 Å². The van der Waals surface area contributed by atoms with E-state index in [2.05, 4.69) is 28.0 Å².